The van der Waals surface area contributed by atoms with Crippen LogP contribution in [0, 0.1) is 5.92 Å². The summed E-state index contributed by atoms with van der Waals surface area (Å²) in [5, 5.41) is 9.27. The number of nitrogens with zero attached hydrogens (tertiary/aromatic N) is 1. The van der Waals surface area contributed by atoms with Crippen LogP contribution in [0.3, 0.4) is 0 Å². The number of carbonyl (C=O) groups is 1. The summed E-state index contributed by atoms with van der Waals surface area (Å²) in [6.45, 7) is 1.32. The van der Waals surface area contributed by atoms with Gasteiger partial charge in [0, 0.05) is 19.0 Å². The summed E-state index contributed by atoms with van der Waals surface area (Å²) in [6, 6.07) is 23.4. The van der Waals surface area contributed by atoms with Gasteiger partial charge in [-0.2, -0.15) is 13.2 Å². The lowest BCUT2D eigenvalue weighted by atomic mass is 9.84. The summed E-state index contributed by atoms with van der Waals surface area (Å²) in [6.07, 6.45) is -2.96. The molecule has 3 aromatic carbocycles. The lowest BCUT2D eigenvalue weighted by molar-refractivity contribution is -0.139. The third-order valence-electron chi connectivity index (χ3n) is 6.38. The fourth-order valence-electron chi connectivity index (χ4n) is 4.73. The number of piperidine rings is 1. The van der Waals surface area contributed by atoms with Gasteiger partial charge in [-0.05, 0) is 59.7 Å². The molecule has 2 unspecified atom stereocenters. The first kappa shape index (κ1) is 23.1. The van der Waals surface area contributed by atoms with Crippen LogP contribution in [0.4, 0.5) is 13.2 Å². The van der Waals surface area contributed by atoms with Crippen LogP contribution in [0.5, 0.6) is 0 Å². The van der Waals surface area contributed by atoms with Gasteiger partial charge in [0.05, 0.1) is 5.56 Å². The van der Waals surface area contributed by atoms with Gasteiger partial charge in [-0.25, -0.2) is 0 Å². The molecule has 3 aromatic rings. The fraction of sp³-hybridized carbons (Fsp3) is 0.296. The second kappa shape index (κ2) is 9.79. The van der Waals surface area contributed by atoms with Crippen LogP contribution >= 0.6 is 0 Å². The average molecular weight is 454 g/mol. The molecule has 0 spiro atoms. The van der Waals surface area contributed by atoms with Gasteiger partial charge in [0.25, 0.3) is 0 Å². The molecule has 0 radical (unpaired) electrons. The monoisotopic (exact) mass is 453 g/mol. The van der Waals surface area contributed by atoms with Crippen molar-refractivity contribution in [3.8, 4) is 11.1 Å². The minimum Gasteiger partial charge on any atom is -0.481 e. The predicted molar refractivity (Wildman–Crippen MR) is 121 cm³/mol. The number of alkyl halides is 3. The summed E-state index contributed by atoms with van der Waals surface area (Å²) in [5.74, 6) is -0.843. The summed E-state index contributed by atoms with van der Waals surface area (Å²) in [4.78, 5) is 13.6. The van der Waals surface area contributed by atoms with E-state index in [1.165, 1.54) is 12.1 Å². The van der Waals surface area contributed by atoms with Crippen molar-refractivity contribution in [1.82, 2.24) is 4.90 Å². The summed E-state index contributed by atoms with van der Waals surface area (Å²) in [5.41, 5.74) is 3.48. The van der Waals surface area contributed by atoms with E-state index in [-0.39, 0.29) is 18.4 Å². The maximum atomic E-state index is 13.1. The van der Waals surface area contributed by atoms with E-state index in [1.807, 2.05) is 30.3 Å². The molecule has 2 atom stereocenters. The molecule has 0 aromatic heterocycles. The zero-order chi connectivity index (χ0) is 23.4. The topological polar surface area (TPSA) is 40.5 Å². The molecule has 1 aliphatic rings. The first-order chi connectivity index (χ1) is 15.8. The van der Waals surface area contributed by atoms with E-state index >= 15 is 0 Å². The predicted octanol–water partition coefficient (Wildman–Crippen LogP) is 6.80. The van der Waals surface area contributed by atoms with E-state index < -0.39 is 17.7 Å². The second-order valence-corrected chi connectivity index (χ2v) is 8.62. The standard InChI is InChI=1S/C27H26F3NO2/c28-27(29,30)23-12-10-21(11-13-23)25-16-19(17-26(32)33)14-15-31(25)18-22-8-4-5-9-24(22)20-6-2-1-3-7-20/h1-13,19,25H,14-18H2,(H,32,33). The molecule has 172 valence electrons. The third-order valence-corrected chi connectivity index (χ3v) is 6.38. The molecule has 1 fully saturated rings. The van der Waals surface area contributed by atoms with Gasteiger partial charge in [0.2, 0.25) is 0 Å². The van der Waals surface area contributed by atoms with E-state index in [2.05, 4.69) is 29.2 Å². The van der Waals surface area contributed by atoms with Crippen LogP contribution in [-0.2, 0) is 17.5 Å². The van der Waals surface area contributed by atoms with Gasteiger partial charge >= 0.3 is 12.1 Å². The molecular formula is C27H26F3NO2. The minimum atomic E-state index is -4.38. The number of aliphatic carboxylic acids is 1. The van der Waals surface area contributed by atoms with E-state index in [0.29, 0.717) is 19.5 Å². The van der Waals surface area contributed by atoms with Crippen molar-refractivity contribution in [2.24, 2.45) is 5.92 Å². The highest BCUT2D eigenvalue weighted by atomic mass is 19.4. The minimum absolute atomic E-state index is 0.00425. The fourth-order valence-corrected chi connectivity index (χ4v) is 4.73. The average Bonchev–Trinajstić information content (AvgIpc) is 2.80. The number of benzene rings is 3. The largest absolute Gasteiger partial charge is 0.481 e. The van der Waals surface area contributed by atoms with Crippen molar-refractivity contribution in [1.29, 1.82) is 0 Å². The first-order valence-corrected chi connectivity index (χ1v) is 11.1. The molecular weight excluding hydrogens is 427 g/mol. The van der Waals surface area contributed by atoms with Crippen molar-refractivity contribution in [2.45, 2.75) is 38.0 Å². The number of carboxylic acids is 1. The van der Waals surface area contributed by atoms with E-state index in [4.69, 9.17) is 0 Å². The lowest BCUT2D eigenvalue weighted by Gasteiger charge is -2.40. The van der Waals surface area contributed by atoms with Crippen LogP contribution in [0.1, 0.15) is 42.0 Å². The number of halogens is 3. The highest BCUT2D eigenvalue weighted by Crippen LogP contribution is 2.39. The second-order valence-electron chi connectivity index (χ2n) is 8.62. The van der Waals surface area contributed by atoms with Crippen LogP contribution in [-0.4, -0.2) is 22.5 Å². The van der Waals surface area contributed by atoms with Crippen molar-refractivity contribution in [3.63, 3.8) is 0 Å². The Labute approximate surface area is 191 Å². The van der Waals surface area contributed by atoms with Crippen molar-refractivity contribution < 1.29 is 23.1 Å². The van der Waals surface area contributed by atoms with Crippen molar-refractivity contribution in [2.75, 3.05) is 6.54 Å². The highest BCUT2D eigenvalue weighted by Gasteiger charge is 2.33. The van der Waals surface area contributed by atoms with Crippen LogP contribution < -0.4 is 0 Å². The summed E-state index contributed by atoms with van der Waals surface area (Å²) < 4.78 is 39.2. The Hall–Kier alpha value is -3.12. The van der Waals surface area contributed by atoms with Crippen LogP contribution in [0.15, 0.2) is 78.9 Å². The molecule has 0 aliphatic carbocycles. The van der Waals surface area contributed by atoms with Gasteiger partial charge in [-0.15, -0.1) is 0 Å². The maximum absolute atomic E-state index is 13.1. The maximum Gasteiger partial charge on any atom is 0.416 e. The number of hydrogen-bond acceptors (Lipinski definition) is 2. The van der Waals surface area contributed by atoms with E-state index in [0.717, 1.165) is 40.8 Å². The van der Waals surface area contributed by atoms with E-state index in [9.17, 15) is 23.1 Å². The molecule has 0 amide bonds. The Morgan fingerprint density at radius 2 is 1.61 bits per heavy atom. The molecule has 3 nitrogen and oxygen atoms in total. The molecule has 0 bridgehead atoms. The highest BCUT2D eigenvalue weighted by molar-refractivity contribution is 5.67. The summed E-state index contributed by atoms with van der Waals surface area (Å²) >= 11 is 0. The SMILES string of the molecule is O=C(O)CC1CCN(Cc2ccccc2-c2ccccc2)C(c2ccc(C(F)(F)F)cc2)C1. The molecule has 1 N–H and O–H groups in total. The first-order valence-electron chi connectivity index (χ1n) is 11.1. The Balaban J connectivity index is 1.63. The molecule has 33 heavy (non-hydrogen) atoms. The molecule has 1 saturated heterocycles. The molecule has 6 heteroatoms. The van der Waals surface area contributed by atoms with E-state index in [1.54, 1.807) is 0 Å². The van der Waals surface area contributed by atoms with Crippen LogP contribution in [0.2, 0.25) is 0 Å². The zero-order valence-electron chi connectivity index (χ0n) is 18.1. The Morgan fingerprint density at radius 1 is 0.939 bits per heavy atom. The zero-order valence-corrected chi connectivity index (χ0v) is 18.1. The van der Waals surface area contributed by atoms with Gasteiger partial charge in [0.1, 0.15) is 0 Å². The van der Waals surface area contributed by atoms with Crippen molar-refractivity contribution in [3.05, 3.63) is 95.6 Å². The normalized spacial score (nSPS) is 19.4. The Morgan fingerprint density at radius 3 is 2.27 bits per heavy atom. The Kier molecular flexibility index (Phi) is 6.84. The molecule has 1 aliphatic heterocycles. The Bertz CT molecular complexity index is 1080. The van der Waals surface area contributed by atoms with Crippen LogP contribution in [0.25, 0.3) is 11.1 Å². The molecule has 4 rings (SSSR count). The van der Waals surface area contributed by atoms with Gasteiger partial charge in [-0.3, -0.25) is 9.69 Å². The van der Waals surface area contributed by atoms with Gasteiger partial charge in [-0.1, -0.05) is 66.7 Å². The smallest absolute Gasteiger partial charge is 0.416 e. The summed E-state index contributed by atoms with van der Waals surface area (Å²) in [7, 11) is 0. The third kappa shape index (κ3) is 5.63. The lowest BCUT2D eigenvalue weighted by Crippen LogP contribution is -2.37. The number of hydrogen-bond donors (Lipinski definition) is 1. The van der Waals surface area contributed by atoms with Gasteiger partial charge in [0.15, 0.2) is 0 Å². The van der Waals surface area contributed by atoms with Crippen molar-refractivity contribution >= 4 is 5.97 Å². The number of likely N-dealkylation sites (tertiary alicyclic amines) is 1. The quantitative estimate of drug-likeness (QED) is 0.446. The molecule has 0 saturated carbocycles. The number of carboxylic acid groups (broad SMARTS) is 1. The van der Waals surface area contributed by atoms with Gasteiger partial charge < -0.3 is 5.11 Å². The molecule has 1 heterocycles. The number of rotatable bonds is 6.